The summed E-state index contributed by atoms with van der Waals surface area (Å²) in [5.41, 5.74) is 6.12. The highest BCUT2D eigenvalue weighted by Gasteiger charge is 2.22. The van der Waals surface area contributed by atoms with Crippen LogP contribution in [0.4, 0.5) is 11.5 Å². The summed E-state index contributed by atoms with van der Waals surface area (Å²) in [6, 6.07) is 6.56. The Bertz CT molecular complexity index is 547. The van der Waals surface area contributed by atoms with E-state index >= 15 is 0 Å². The van der Waals surface area contributed by atoms with E-state index < -0.39 is 4.92 Å². The molecule has 0 aliphatic rings. The minimum absolute atomic E-state index is 0.0831. The lowest BCUT2D eigenvalue weighted by Gasteiger charge is -2.05. The molecule has 0 aliphatic carbocycles. The van der Waals surface area contributed by atoms with Crippen LogP contribution in [-0.2, 0) is 7.05 Å². The van der Waals surface area contributed by atoms with Crippen molar-refractivity contribution in [2.75, 3.05) is 5.73 Å². The second-order valence-electron chi connectivity index (χ2n) is 3.41. The normalized spacial score (nSPS) is 10.2. The first-order valence-corrected chi connectivity index (χ1v) is 4.77. The summed E-state index contributed by atoms with van der Waals surface area (Å²) in [6.07, 6.45) is 1.32. The van der Waals surface area contributed by atoms with Crippen LogP contribution in [0.1, 0.15) is 0 Å². The first-order chi connectivity index (χ1) is 8.08. The Hall–Kier alpha value is -2.57. The molecule has 0 amide bonds. The van der Waals surface area contributed by atoms with Gasteiger partial charge in [0.15, 0.2) is 0 Å². The van der Waals surface area contributed by atoms with Gasteiger partial charge in [-0.05, 0) is 34.2 Å². The molecule has 2 N–H and O–H groups in total. The quantitative estimate of drug-likeness (QED) is 0.495. The van der Waals surface area contributed by atoms with E-state index in [1.165, 1.54) is 10.9 Å². The van der Waals surface area contributed by atoms with E-state index in [0.29, 0.717) is 11.4 Å². The number of rotatable bonds is 3. The molecule has 1 aromatic heterocycles. The molecule has 2 rings (SSSR count). The number of hydrogen-bond donors (Lipinski definition) is 1. The number of nitrogens with zero attached hydrogens (tertiary/aromatic N) is 3. The van der Waals surface area contributed by atoms with Crippen LogP contribution in [0.25, 0.3) is 0 Å². The summed E-state index contributed by atoms with van der Waals surface area (Å²) in [7, 11) is 1.62. The highest BCUT2D eigenvalue weighted by Crippen LogP contribution is 2.29. The van der Waals surface area contributed by atoms with Crippen molar-refractivity contribution < 1.29 is 9.66 Å². The molecule has 88 valence electrons. The second-order valence-corrected chi connectivity index (χ2v) is 3.41. The SMILES string of the molecule is Cn1cnc([N+](=O)[O-])c1Oc1ccc(N)cc1. The number of anilines is 1. The van der Waals surface area contributed by atoms with Gasteiger partial charge in [0.05, 0.1) is 0 Å². The molecule has 0 atom stereocenters. The zero-order valence-electron chi connectivity index (χ0n) is 9.03. The molecule has 0 aliphatic heterocycles. The van der Waals surface area contributed by atoms with Crippen LogP contribution in [0, 0.1) is 10.1 Å². The number of nitro groups is 1. The van der Waals surface area contributed by atoms with Gasteiger partial charge in [0.25, 0.3) is 0 Å². The van der Waals surface area contributed by atoms with Crippen molar-refractivity contribution in [2.45, 2.75) is 0 Å². The summed E-state index contributed by atoms with van der Waals surface area (Å²) in [6.45, 7) is 0. The molecule has 0 radical (unpaired) electrons. The molecule has 2 aromatic rings. The first kappa shape index (κ1) is 10.9. The Balaban J connectivity index is 2.32. The summed E-state index contributed by atoms with van der Waals surface area (Å²) in [5, 5.41) is 10.7. The molecule has 0 saturated carbocycles. The third kappa shape index (κ3) is 2.17. The summed E-state index contributed by atoms with van der Waals surface area (Å²) >= 11 is 0. The number of benzene rings is 1. The average Bonchev–Trinajstić information content (AvgIpc) is 2.64. The largest absolute Gasteiger partial charge is 0.434 e. The average molecular weight is 234 g/mol. The third-order valence-electron chi connectivity index (χ3n) is 2.13. The number of nitrogen functional groups attached to an aromatic ring is 1. The molecule has 0 fully saturated rings. The van der Waals surface area contributed by atoms with E-state index in [1.54, 1.807) is 31.3 Å². The lowest BCUT2D eigenvalue weighted by atomic mass is 10.3. The van der Waals surface area contributed by atoms with Crippen molar-refractivity contribution in [1.29, 1.82) is 0 Å². The van der Waals surface area contributed by atoms with E-state index in [1.807, 2.05) is 0 Å². The third-order valence-corrected chi connectivity index (χ3v) is 2.13. The van der Waals surface area contributed by atoms with Gasteiger partial charge in [-0.2, -0.15) is 0 Å². The highest BCUT2D eigenvalue weighted by atomic mass is 16.6. The molecule has 0 saturated heterocycles. The molecule has 0 unspecified atom stereocenters. The van der Waals surface area contributed by atoms with E-state index in [9.17, 15) is 10.1 Å². The van der Waals surface area contributed by atoms with Crippen molar-refractivity contribution in [2.24, 2.45) is 7.05 Å². The predicted octanol–water partition coefficient (Wildman–Crippen LogP) is 1.70. The second kappa shape index (κ2) is 4.12. The summed E-state index contributed by atoms with van der Waals surface area (Å²) in [4.78, 5) is 13.8. The summed E-state index contributed by atoms with van der Waals surface area (Å²) in [5.74, 6) is 0.231. The Kier molecular flexibility index (Phi) is 2.65. The summed E-state index contributed by atoms with van der Waals surface area (Å²) < 4.78 is 6.84. The molecular formula is C10H10N4O3. The van der Waals surface area contributed by atoms with Crippen LogP contribution in [0.5, 0.6) is 11.6 Å². The monoisotopic (exact) mass is 234 g/mol. The van der Waals surface area contributed by atoms with Gasteiger partial charge in [-0.25, -0.2) is 0 Å². The predicted molar refractivity (Wildman–Crippen MR) is 60.8 cm³/mol. The van der Waals surface area contributed by atoms with Gasteiger partial charge in [0.1, 0.15) is 5.75 Å². The Morgan fingerprint density at radius 3 is 2.65 bits per heavy atom. The minimum atomic E-state index is -0.591. The topological polar surface area (TPSA) is 96.2 Å². The lowest BCUT2D eigenvalue weighted by molar-refractivity contribution is -0.390. The maximum Gasteiger partial charge on any atom is 0.427 e. The van der Waals surface area contributed by atoms with E-state index in [2.05, 4.69) is 4.98 Å². The molecular weight excluding hydrogens is 224 g/mol. The Labute approximate surface area is 96.6 Å². The lowest BCUT2D eigenvalue weighted by Crippen LogP contribution is -1.96. The van der Waals surface area contributed by atoms with E-state index in [4.69, 9.17) is 10.5 Å². The fourth-order valence-electron chi connectivity index (χ4n) is 1.30. The minimum Gasteiger partial charge on any atom is -0.434 e. The Morgan fingerprint density at radius 2 is 2.06 bits per heavy atom. The van der Waals surface area contributed by atoms with Crippen molar-refractivity contribution >= 4 is 11.5 Å². The molecule has 0 spiro atoms. The van der Waals surface area contributed by atoms with Crippen molar-refractivity contribution in [3.63, 3.8) is 0 Å². The van der Waals surface area contributed by atoms with Crippen molar-refractivity contribution in [3.8, 4) is 11.6 Å². The van der Waals surface area contributed by atoms with Gasteiger partial charge in [-0.15, -0.1) is 0 Å². The zero-order valence-corrected chi connectivity index (χ0v) is 9.03. The number of nitrogens with two attached hydrogens (primary N) is 1. The number of imidazole rings is 1. The van der Waals surface area contributed by atoms with Crippen molar-refractivity contribution in [1.82, 2.24) is 9.55 Å². The maximum absolute atomic E-state index is 10.7. The molecule has 1 aromatic carbocycles. The van der Waals surface area contributed by atoms with Crippen LogP contribution < -0.4 is 10.5 Å². The van der Waals surface area contributed by atoms with Crippen LogP contribution in [0.15, 0.2) is 30.6 Å². The van der Waals surface area contributed by atoms with Crippen LogP contribution in [-0.4, -0.2) is 14.5 Å². The smallest absolute Gasteiger partial charge is 0.427 e. The fraction of sp³-hybridized carbons (Fsp3) is 0.100. The standard InChI is InChI=1S/C10H10N4O3/c1-13-6-12-9(14(15)16)10(13)17-8-4-2-7(11)3-5-8/h2-6H,11H2,1H3. The van der Waals surface area contributed by atoms with Gasteiger partial charge in [-0.1, -0.05) is 0 Å². The van der Waals surface area contributed by atoms with E-state index in [0.717, 1.165) is 0 Å². The number of ether oxygens (including phenoxy) is 1. The highest BCUT2D eigenvalue weighted by molar-refractivity contribution is 5.44. The van der Waals surface area contributed by atoms with Crippen LogP contribution >= 0.6 is 0 Å². The molecule has 7 nitrogen and oxygen atoms in total. The number of hydrogen-bond acceptors (Lipinski definition) is 5. The van der Waals surface area contributed by atoms with Gasteiger partial charge < -0.3 is 20.6 Å². The first-order valence-electron chi connectivity index (χ1n) is 4.77. The van der Waals surface area contributed by atoms with Crippen LogP contribution in [0.2, 0.25) is 0 Å². The molecule has 0 bridgehead atoms. The Morgan fingerprint density at radius 1 is 1.41 bits per heavy atom. The van der Waals surface area contributed by atoms with Crippen molar-refractivity contribution in [3.05, 3.63) is 40.7 Å². The molecule has 7 heteroatoms. The number of aromatic nitrogens is 2. The van der Waals surface area contributed by atoms with Gasteiger partial charge in [0, 0.05) is 12.7 Å². The van der Waals surface area contributed by atoms with E-state index in [-0.39, 0.29) is 11.7 Å². The van der Waals surface area contributed by atoms with Gasteiger partial charge in [0.2, 0.25) is 6.33 Å². The zero-order chi connectivity index (χ0) is 12.4. The van der Waals surface area contributed by atoms with Crippen LogP contribution in [0.3, 0.4) is 0 Å². The molecule has 1 heterocycles. The molecule has 17 heavy (non-hydrogen) atoms. The number of aryl methyl sites for hydroxylation is 1. The maximum atomic E-state index is 10.7. The fourth-order valence-corrected chi connectivity index (χ4v) is 1.30. The van der Waals surface area contributed by atoms with Gasteiger partial charge in [-0.3, -0.25) is 4.57 Å². The van der Waals surface area contributed by atoms with Gasteiger partial charge >= 0.3 is 11.7 Å².